The molecule has 2 rings (SSSR count). The lowest BCUT2D eigenvalue weighted by molar-refractivity contribution is 0.379. The summed E-state index contributed by atoms with van der Waals surface area (Å²) in [5.41, 5.74) is 0.618. The van der Waals surface area contributed by atoms with Crippen LogP contribution in [0, 0.1) is 0 Å². The van der Waals surface area contributed by atoms with E-state index < -0.39 is 0 Å². The molecule has 0 saturated carbocycles. The summed E-state index contributed by atoms with van der Waals surface area (Å²) in [6.45, 7) is 1.76. The highest BCUT2D eigenvalue weighted by Gasteiger charge is 2.12. The molecule has 14 heavy (non-hydrogen) atoms. The molecule has 1 atom stereocenters. The SMILES string of the molecule is CC(Cl)c1nc(-c2ccncn2)no1. The lowest BCUT2D eigenvalue weighted by Gasteiger charge is -1.90. The highest BCUT2D eigenvalue weighted by Crippen LogP contribution is 2.19. The molecule has 0 spiro atoms. The Morgan fingerprint density at radius 2 is 2.36 bits per heavy atom. The summed E-state index contributed by atoms with van der Waals surface area (Å²) >= 11 is 5.77. The molecule has 0 amide bonds. The van der Waals surface area contributed by atoms with Gasteiger partial charge in [0.15, 0.2) is 0 Å². The molecule has 6 heteroatoms. The van der Waals surface area contributed by atoms with E-state index in [-0.39, 0.29) is 5.38 Å². The Balaban J connectivity index is 2.34. The van der Waals surface area contributed by atoms with E-state index in [9.17, 15) is 0 Å². The summed E-state index contributed by atoms with van der Waals surface area (Å²) in [4.78, 5) is 11.9. The van der Waals surface area contributed by atoms with Gasteiger partial charge in [0, 0.05) is 6.20 Å². The van der Waals surface area contributed by atoms with E-state index in [2.05, 4.69) is 20.1 Å². The molecule has 0 aliphatic heterocycles. The van der Waals surface area contributed by atoms with Crippen molar-refractivity contribution in [3.05, 3.63) is 24.5 Å². The van der Waals surface area contributed by atoms with Gasteiger partial charge in [0.25, 0.3) is 0 Å². The van der Waals surface area contributed by atoms with E-state index in [0.717, 1.165) is 0 Å². The second kappa shape index (κ2) is 3.71. The van der Waals surface area contributed by atoms with Crippen molar-refractivity contribution >= 4 is 11.6 Å². The zero-order valence-corrected chi connectivity index (χ0v) is 8.14. The average Bonchev–Trinajstić information content (AvgIpc) is 2.68. The van der Waals surface area contributed by atoms with Crippen LogP contribution in [0.3, 0.4) is 0 Å². The van der Waals surface area contributed by atoms with Crippen LogP contribution in [0.4, 0.5) is 0 Å². The zero-order chi connectivity index (χ0) is 9.97. The summed E-state index contributed by atoms with van der Waals surface area (Å²) < 4.78 is 4.93. The minimum absolute atomic E-state index is 0.293. The second-order valence-corrected chi connectivity index (χ2v) is 3.32. The predicted octanol–water partition coefficient (Wildman–Crippen LogP) is 1.83. The van der Waals surface area contributed by atoms with Crippen LogP contribution in [0.1, 0.15) is 18.2 Å². The maximum Gasteiger partial charge on any atom is 0.244 e. The highest BCUT2D eigenvalue weighted by molar-refractivity contribution is 6.20. The Bertz CT molecular complexity index is 414. The summed E-state index contributed by atoms with van der Waals surface area (Å²) in [5, 5.41) is 3.45. The van der Waals surface area contributed by atoms with Crippen LogP contribution in [-0.4, -0.2) is 20.1 Å². The molecule has 0 bridgehead atoms. The number of alkyl halides is 1. The predicted molar refractivity (Wildman–Crippen MR) is 49.6 cm³/mol. The van der Waals surface area contributed by atoms with E-state index in [4.69, 9.17) is 16.1 Å². The van der Waals surface area contributed by atoms with Crippen molar-refractivity contribution in [2.75, 3.05) is 0 Å². The van der Waals surface area contributed by atoms with E-state index in [1.165, 1.54) is 6.33 Å². The highest BCUT2D eigenvalue weighted by atomic mass is 35.5. The summed E-state index contributed by atoms with van der Waals surface area (Å²) in [6, 6.07) is 1.70. The number of nitrogens with zero attached hydrogens (tertiary/aromatic N) is 4. The number of hydrogen-bond acceptors (Lipinski definition) is 5. The first-order valence-corrected chi connectivity index (χ1v) is 4.45. The quantitative estimate of drug-likeness (QED) is 0.708. The third-order valence-corrected chi connectivity index (χ3v) is 1.78. The number of hydrogen-bond donors (Lipinski definition) is 0. The maximum absolute atomic E-state index is 5.77. The Kier molecular flexibility index (Phi) is 2.41. The standard InChI is InChI=1S/C8H7ClN4O/c1-5(9)8-12-7(13-14-8)6-2-3-10-4-11-6/h2-5H,1H3. The van der Waals surface area contributed by atoms with Gasteiger partial charge in [-0.3, -0.25) is 0 Å². The minimum Gasteiger partial charge on any atom is -0.337 e. The van der Waals surface area contributed by atoms with Crippen LogP contribution >= 0.6 is 11.6 Å². The molecule has 2 aromatic heterocycles. The van der Waals surface area contributed by atoms with Gasteiger partial charge in [-0.15, -0.1) is 11.6 Å². The van der Waals surface area contributed by atoms with Gasteiger partial charge < -0.3 is 4.52 Å². The minimum atomic E-state index is -0.293. The smallest absolute Gasteiger partial charge is 0.244 e. The topological polar surface area (TPSA) is 64.7 Å². The van der Waals surface area contributed by atoms with Crippen LogP contribution in [0.2, 0.25) is 0 Å². The van der Waals surface area contributed by atoms with Gasteiger partial charge in [0.05, 0.1) is 0 Å². The molecular formula is C8H7ClN4O. The summed E-state index contributed by atoms with van der Waals surface area (Å²) in [7, 11) is 0. The average molecular weight is 211 g/mol. The van der Waals surface area contributed by atoms with E-state index in [0.29, 0.717) is 17.4 Å². The normalized spacial score (nSPS) is 12.7. The third kappa shape index (κ3) is 1.72. The van der Waals surface area contributed by atoms with Crippen molar-refractivity contribution < 1.29 is 4.52 Å². The van der Waals surface area contributed by atoms with Crippen molar-refractivity contribution in [3.63, 3.8) is 0 Å². The molecule has 0 N–H and O–H groups in total. The van der Waals surface area contributed by atoms with Crippen molar-refractivity contribution in [1.29, 1.82) is 0 Å². The van der Waals surface area contributed by atoms with Crippen molar-refractivity contribution in [2.24, 2.45) is 0 Å². The van der Waals surface area contributed by atoms with Crippen LogP contribution in [0.15, 0.2) is 23.1 Å². The fraction of sp³-hybridized carbons (Fsp3) is 0.250. The van der Waals surface area contributed by atoms with Gasteiger partial charge in [0.1, 0.15) is 17.4 Å². The van der Waals surface area contributed by atoms with Crippen LogP contribution in [-0.2, 0) is 0 Å². The molecule has 0 fully saturated rings. The van der Waals surface area contributed by atoms with Gasteiger partial charge in [-0.25, -0.2) is 9.97 Å². The Labute approximate surface area is 85.1 Å². The fourth-order valence-electron chi connectivity index (χ4n) is 0.924. The van der Waals surface area contributed by atoms with Gasteiger partial charge in [-0.2, -0.15) is 4.98 Å². The lowest BCUT2D eigenvalue weighted by Crippen LogP contribution is -1.87. The molecule has 2 aromatic rings. The van der Waals surface area contributed by atoms with Crippen molar-refractivity contribution in [2.45, 2.75) is 12.3 Å². The second-order valence-electron chi connectivity index (χ2n) is 2.67. The number of aromatic nitrogens is 4. The monoisotopic (exact) mass is 210 g/mol. The maximum atomic E-state index is 5.77. The molecular weight excluding hydrogens is 204 g/mol. The van der Waals surface area contributed by atoms with Crippen LogP contribution in [0.5, 0.6) is 0 Å². The molecule has 0 radical (unpaired) electrons. The van der Waals surface area contributed by atoms with Gasteiger partial charge in [-0.1, -0.05) is 5.16 Å². The first kappa shape index (κ1) is 9.08. The Hall–Kier alpha value is -1.49. The fourth-order valence-corrected chi connectivity index (χ4v) is 1.01. The molecule has 72 valence electrons. The van der Waals surface area contributed by atoms with E-state index in [1.54, 1.807) is 19.2 Å². The molecule has 5 nitrogen and oxygen atoms in total. The zero-order valence-electron chi connectivity index (χ0n) is 7.38. The first-order valence-electron chi connectivity index (χ1n) is 4.01. The molecule has 0 aliphatic carbocycles. The van der Waals surface area contributed by atoms with Gasteiger partial charge >= 0.3 is 0 Å². The third-order valence-electron chi connectivity index (χ3n) is 1.59. The Morgan fingerprint density at radius 3 is 2.93 bits per heavy atom. The van der Waals surface area contributed by atoms with Crippen LogP contribution in [0.25, 0.3) is 11.5 Å². The van der Waals surface area contributed by atoms with Gasteiger partial charge in [0.2, 0.25) is 11.7 Å². The Morgan fingerprint density at radius 1 is 1.50 bits per heavy atom. The summed E-state index contributed by atoms with van der Waals surface area (Å²) in [5.74, 6) is 0.815. The van der Waals surface area contributed by atoms with Gasteiger partial charge in [-0.05, 0) is 13.0 Å². The largest absolute Gasteiger partial charge is 0.337 e. The molecule has 0 saturated heterocycles. The summed E-state index contributed by atoms with van der Waals surface area (Å²) in [6.07, 6.45) is 3.04. The molecule has 0 aromatic carbocycles. The van der Waals surface area contributed by atoms with Crippen molar-refractivity contribution in [1.82, 2.24) is 20.1 Å². The number of rotatable bonds is 2. The van der Waals surface area contributed by atoms with Crippen LogP contribution < -0.4 is 0 Å². The van der Waals surface area contributed by atoms with E-state index >= 15 is 0 Å². The van der Waals surface area contributed by atoms with E-state index in [1.807, 2.05) is 0 Å². The first-order chi connectivity index (χ1) is 6.77. The lowest BCUT2D eigenvalue weighted by atomic mass is 10.4. The molecule has 2 heterocycles. The van der Waals surface area contributed by atoms with Crippen molar-refractivity contribution in [3.8, 4) is 11.5 Å². The molecule has 0 aliphatic rings. The molecule has 1 unspecified atom stereocenters. The number of halogens is 1.